The highest BCUT2D eigenvalue weighted by Crippen LogP contribution is 2.27. The molecule has 1 heterocycles. The molecule has 0 aliphatic rings. The van der Waals surface area contributed by atoms with Crippen LogP contribution >= 0.6 is 0 Å². The van der Waals surface area contributed by atoms with Crippen molar-refractivity contribution < 1.29 is 4.68 Å². The zero-order chi connectivity index (χ0) is 13.2. The van der Waals surface area contributed by atoms with E-state index in [1.807, 2.05) is 12.1 Å². The van der Waals surface area contributed by atoms with E-state index in [2.05, 4.69) is 72.3 Å². The highest BCUT2D eigenvalue weighted by Gasteiger charge is 2.21. The van der Waals surface area contributed by atoms with Crippen LogP contribution in [0.4, 0.5) is 0 Å². The van der Waals surface area contributed by atoms with Gasteiger partial charge in [-0.25, -0.2) is 0 Å². The van der Waals surface area contributed by atoms with Gasteiger partial charge in [-0.15, -0.1) is 4.68 Å². The minimum Gasteiger partial charge on any atom is -0.165 e. The van der Waals surface area contributed by atoms with E-state index in [9.17, 15) is 0 Å². The Bertz CT molecular complexity index is 682. The average molecular weight is 249 g/mol. The second-order valence-corrected chi connectivity index (χ2v) is 4.75. The van der Waals surface area contributed by atoms with Crippen LogP contribution in [0.15, 0.2) is 60.7 Å². The summed E-state index contributed by atoms with van der Waals surface area (Å²) in [5.41, 5.74) is 6.15. The Labute approximate surface area is 113 Å². The molecule has 0 aliphatic carbocycles. The quantitative estimate of drug-likeness (QED) is 0.671. The number of benzene rings is 2. The molecule has 0 amide bonds. The zero-order valence-corrected chi connectivity index (χ0v) is 11.2. The van der Waals surface area contributed by atoms with E-state index < -0.39 is 0 Å². The van der Waals surface area contributed by atoms with Gasteiger partial charge in [-0.2, -0.15) is 5.10 Å². The number of hydrogen-bond donors (Lipinski definition) is 1. The van der Waals surface area contributed by atoms with Gasteiger partial charge in [0.25, 0.3) is 0 Å². The van der Waals surface area contributed by atoms with Crippen LogP contribution in [0.2, 0.25) is 0 Å². The van der Waals surface area contributed by atoms with Gasteiger partial charge in [0.1, 0.15) is 5.69 Å². The lowest BCUT2D eigenvalue weighted by Crippen LogP contribution is -2.32. The van der Waals surface area contributed by atoms with Crippen LogP contribution in [0, 0.1) is 6.92 Å². The summed E-state index contributed by atoms with van der Waals surface area (Å²) >= 11 is 0. The Morgan fingerprint density at radius 2 is 1.32 bits per heavy atom. The van der Waals surface area contributed by atoms with Crippen molar-refractivity contribution in [1.29, 1.82) is 0 Å². The van der Waals surface area contributed by atoms with Crippen molar-refractivity contribution in [3.63, 3.8) is 0 Å². The summed E-state index contributed by atoms with van der Waals surface area (Å²) in [5.74, 6) is 0. The van der Waals surface area contributed by atoms with Crippen LogP contribution in [-0.2, 0) is 7.05 Å². The first-order valence-corrected chi connectivity index (χ1v) is 6.47. The van der Waals surface area contributed by atoms with Gasteiger partial charge in [-0.1, -0.05) is 48.5 Å². The van der Waals surface area contributed by atoms with Crippen LogP contribution in [-0.4, -0.2) is 5.10 Å². The lowest BCUT2D eigenvalue weighted by molar-refractivity contribution is -0.715. The van der Waals surface area contributed by atoms with Crippen molar-refractivity contribution in [2.45, 2.75) is 6.92 Å². The Balaban J connectivity index is 2.17. The second kappa shape index (κ2) is 4.73. The van der Waals surface area contributed by atoms with Crippen molar-refractivity contribution in [3.8, 4) is 22.5 Å². The molecule has 3 rings (SSSR count). The van der Waals surface area contributed by atoms with Gasteiger partial charge >= 0.3 is 0 Å². The number of H-pyrrole nitrogens is 1. The van der Waals surface area contributed by atoms with Crippen LogP contribution in [0.1, 0.15) is 5.56 Å². The van der Waals surface area contributed by atoms with E-state index in [-0.39, 0.29) is 0 Å². The van der Waals surface area contributed by atoms with Crippen LogP contribution in [0.3, 0.4) is 0 Å². The normalized spacial score (nSPS) is 10.6. The monoisotopic (exact) mass is 249 g/mol. The molecule has 1 aromatic heterocycles. The minimum absolute atomic E-state index is 1.18. The summed E-state index contributed by atoms with van der Waals surface area (Å²) in [5, 5.41) is 3.44. The van der Waals surface area contributed by atoms with Gasteiger partial charge in [0.2, 0.25) is 5.69 Å². The van der Waals surface area contributed by atoms with Gasteiger partial charge in [-0.05, 0) is 19.1 Å². The van der Waals surface area contributed by atoms with Crippen molar-refractivity contribution in [2.75, 3.05) is 0 Å². The molecule has 19 heavy (non-hydrogen) atoms. The third-order valence-corrected chi connectivity index (χ3v) is 3.45. The first-order chi connectivity index (χ1) is 9.27. The third-order valence-electron chi connectivity index (χ3n) is 3.45. The van der Waals surface area contributed by atoms with Gasteiger partial charge < -0.3 is 0 Å². The van der Waals surface area contributed by atoms with Crippen LogP contribution in [0.5, 0.6) is 0 Å². The van der Waals surface area contributed by atoms with Gasteiger partial charge in [0.15, 0.2) is 7.05 Å². The SMILES string of the molecule is Cc1c(-c2ccccc2)[nH][n+](C)c1-c1ccccc1. The number of nitrogens with one attached hydrogen (secondary N) is 1. The van der Waals surface area contributed by atoms with Gasteiger partial charge in [-0.3, -0.25) is 0 Å². The van der Waals surface area contributed by atoms with E-state index in [0.29, 0.717) is 0 Å². The molecular weight excluding hydrogens is 232 g/mol. The molecule has 2 aromatic carbocycles. The first-order valence-electron chi connectivity index (χ1n) is 6.47. The number of nitrogens with zero attached hydrogens (tertiary/aromatic N) is 1. The van der Waals surface area contributed by atoms with E-state index in [1.54, 1.807) is 0 Å². The molecule has 0 unspecified atom stereocenters. The number of aromatic nitrogens is 2. The van der Waals surface area contributed by atoms with Crippen LogP contribution in [0.25, 0.3) is 22.5 Å². The van der Waals surface area contributed by atoms with E-state index in [4.69, 9.17) is 0 Å². The maximum absolute atomic E-state index is 3.44. The summed E-state index contributed by atoms with van der Waals surface area (Å²) in [6.45, 7) is 2.17. The third kappa shape index (κ3) is 2.06. The molecule has 0 atom stereocenters. The maximum atomic E-state index is 3.44. The average Bonchev–Trinajstić information content (AvgIpc) is 2.76. The molecule has 0 fully saturated rings. The maximum Gasteiger partial charge on any atom is 0.241 e. The Hall–Kier alpha value is -2.35. The Morgan fingerprint density at radius 1 is 0.789 bits per heavy atom. The Morgan fingerprint density at radius 3 is 1.89 bits per heavy atom. The molecule has 0 aliphatic heterocycles. The predicted octanol–water partition coefficient (Wildman–Crippen LogP) is 3.48. The van der Waals surface area contributed by atoms with Crippen molar-refractivity contribution in [2.24, 2.45) is 7.05 Å². The molecule has 0 radical (unpaired) electrons. The zero-order valence-electron chi connectivity index (χ0n) is 11.2. The van der Waals surface area contributed by atoms with Crippen LogP contribution < -0.4 is 4.68 Å². The molecule has 2 nitrogen and oxygen atoms in total. The number of rotatable bonds is 2. The second-order valence-electron chi connectivity index (χ2n) is 4.75. The van der Waals surface area contributed by atoms with E-state index in [1.165, 1.54) is 28.1 Å². The molecule has 3 aromatic rings. The van der Waals surface area contributed by atoms with Gasteiger partial charge in [0.05, 0.1) is 5.56 Å². The summed E-state index contributed by atoms with van der Waals surface area (Å²) in [4.78, 5) is 0. The molecule has 0 saturated carbocycles. The summed E-state index contributed by atoms with van der Waals surface area (Å²) in [6, 6.07) is 20.9. The molecule has 1 N–H and O–H groups in total. The number of aromatic amines is 1. The molecular formula is C17H17N2+. The fourth-order valence-electron chi connectivity index (χ4n) is 2.57. The summed E-state index contributed by atoms with van der Waals surface area (Å²) < 4.78 is 2.09. The molecule has 2 heteroatoms. The summed E-state index contributed by atoms with van der Waals surface area (Å²) in [7, 11) is 2.06. The lowest BCUT2D eigenvalue weighted by atomic mass is 10.0. The highest BCUT2D eigenvalue weighted by atomic mass is 15.3. The van der Waals surface area contributed by atoms with Crippen molar-refractivity contribution in [1.82, 2.24) is 5.10 Å². The first kappa shape index (κ1) is 11.7. The predicted molar refractivity (Wildman–Crippen MR) is 77.6 cm³/mol. The smallest absolute Gasteiger partial charge is 0.165 e. The number of hydrogen-bond acceptors (Lipinski definition) is 0. The topological polar surface area (TPSA) is 19.7 Å². The molecule has 0 bridgehead atoms. The highest BCUT2D eigenvalue weighted by molar-refractivity contribution is 5.71. The lowest BCUT2D eigenvalue weighted by Gasteiger charge is -1.97. The largest absolute Gasteiger partial charge is 0.241 e. The number of aryl methyl sites for hydroxylation is 1. The van der Waals surface area contributed by atoms with E-state index >= 15 is 0 Å². The molecule has 94 valence electrons. The summed E-state index contributed by atoms with van der Waals surface area (Å²) in [6.07, 6.45) is 0. The van der Waals surface area contributed by atoms with Gasteiger partial charge in [0, 0.05) is 11.1 Å². The standard InChI is InChI=1S/C17H16N2/c1-13-16(14-9-5-3-6-10-14)18-19(2)17(13)15-11-7-4-8-12-15/h3-12H,1-2H3/p+1. The molecule has 0 saturated heterocycles. The van der Waals surface area contributed by atoms with E-state index in [0.717, 1.165) is 0 Å². The van der Waals surface area contributed by atoms with Crippen molar-refractivity contribution >= 4 is 0 Å². The fourth-order valence-corrected chi connectivity index (χ4v) is 2.57. The van der Waals surface area contributed by atoms with Crippen molar-refractivity contribution in [3.05, 3.63) is 66.2 Å². The molecule has 0 spiro atoms. The Kier molecular flexibility index (Phi) is 2.92. The minimum atomic E-state index is 1.18. The fraction of sp³-hybridized carbons (Fsp3) is 0.118.